The van der Waals surface area contributed by atoms with E-state index in [1.165, 1.54) is 6.07 Å². The molecule has 3 N–H and O–H groups in total. The molecule has 5 nitrogen and oxygen atoms in total. The second-order valence-electron chi connectivity index (χ2n) is 5.17. The molecule has 1 aliphatic rings. The first kappa shape index (κ1) is 19.7. The third kappa shape index (κ3) is 4.15. The Labute approximate surface area is 137 Å². The largest absolute Gasteiger partial charge is 0.501 e. The Morgan fingerprint density at radius 2 is 1.91 bits per heavy atom. The summed E-state index contributed by atoms with van der Waals surface area (Å²) in [7, 11) is -5.44. The number of anilines is 1. The summed E-state index contributed by atoms with van der Waals surface area (Å²) < 4.78 is 60.2. The molecule has 0 radical (unpaired) electrons. The van der Waals surface area contributed by atoms with Gasteiger partial charge in [-0.2, -0.15) is 13.2 Å². The van der Waals surface area contributed by atoms with Crippen molar-refractivity contribution in [2.24, 2.45) is 11.7 Å². The van der Waals surface area contributed by atoms with Crippen molar-refractivity contribution in [2.45, 2.75) is 35.7 Å². The molecule has 2 rings (SSSR count). The van der Waals surface area contributed by atoms with Crippen LogP contribution in [0, 0.1) is 5.92 Å². The van der Waals surface area contributed by atoms with Gasteiger partial charge in [-0.25, -0.2) is 8.42 Å². The lowest BCUT2D eigenvalue weighted by Gasteiger charge is -2.15. The number of carbonyl (C=O) groups excluding carboxylic acids is 1. The molecule has 130 valence electrons. The van der Waals surface area contributed by atoms with Gasteiger partial charge in [0.1, 0.15) is 0 Å². The Bertz CT molecular complexity index is 679. The summed E-state index contributed by atoms with van der Waals surface area (Å²) in [6, 6.07) is 3.81. The van der Waals surface area contributed by atoms with Gasteiger partial charge in [-0.3, -0.25) is 4.79 Å². The van der Waals surface area contributed by atoms with Gasteiger partial charge < -0.3 is 11.1 Å². The van der Waals surface area contributed by atoms with Crippen LogP contribution in [0.2, 0.25) is 0 Å². The highest BCUT2D eigenvalue weighted by atomic mass is 35.5. The average Bonchev–Trinajstić information content (AvgIpc) is 2.84. The van der Waals surface area contributed by atoms with E-state index in [0.29, 0.717) is 12.8 Å². The molecule has 0 bridgehead atoms. The maximum absolute atomic E-state index is 12.5. The maximum atomic E-state index is 12.5. The maximum Gasteiger partial charge on any atom is 0.501 e. The van der Waals surface area contributed by atoms with Gasteiger partial charge >= 0.3 is 5.51 Å². The zero-order chi connectivity index (χ0) is 16.5. The topological polar surface area (TPSA) is 89.3 Å². The fraction of sp³-hybridized carbons (Fsp3) is 0.462. The molecule has 1 aliphatic carbocycles. The van der Waals surface area contributed by atoms with Crippen LogP contribution >= 0.6 is 12.4 Å². The van der Waals surface area contributed by atoms with Crippen LogP contribution in [0.3, 0.4) is 0 Å². The molecular weight excluding hydrogens is 357 g/mol. The summed E-state index contributed by atoms with van der Waals surface area (Å²) in [5, 5.41) is 2.43. The summed E-state index contributed by atoms with van der Waals surface area (Å²) in [4.78, 5) is 11.1. The smallest absolute Gasteiger partial charge is 0.327 e. The average molecular weight is 373 g/mol. The van der Waals surface area contributed by atoms with Crippen LogP contribution in [0.25, 0.3) is 0 Å². The Kier molecular flexibility index (Phi) is 6.06. The lowest BCUT2D eigenvalue weighted by atomic mass is 10.0. The van der Waals surface area contributed by atoms with E-state index in [4.69, 9.17) is 5.73 Å². The van der Waals surface area contributed by atoms with Crippen molar-refractivity contribution in [3.8, 4) is 0 Å². The van der Waals surface area contributed by atoms with Crippen LogP contribution in [0.15, 0.2) is 29.2 Å². The number of sulfone groups is 1. The van der Waals surface area contributed by atoms with Crippen LogP contribution < -0.4 is 11.1 Å². The van der Waals surface area contributed by atoms with Crippen LogP contribution in [0.4, 0.5) is 18.9 Å². The van der Waals surface area contributed by atoms with Crippen molar-refractivity contribution < 1.29 is 26.4 Å². The van der Waals surface area contributed by atoms with E-state index in [-0.39, 0.29) is 24.1 Å². The van der Waals surface area contributed by atoms with Gasteiger partial charge in [-0.05, 0) is 31.0 Å². The van der Waals surface area contributed by atoms with Gasteiger partial charge in [0.2, 0.25) is 5.91 Å². The van der Waals surface area contributed by atoms with E-state index in [1.54, 1.807) is 0 Å². The standard InChI is InChI=1S/C13H15F3N2O3S.ClH/c14-13(15,16)22(20,21)9-4-1-3-8(7-9)18-12(19)10-5-2-6-11(10)17;/h1,3-4,7,10-11H,2,5-6,17H2,(H,18,19);1H/t10-,11+;/m0./s1. The van der Waals surface area contributed by atoms with Crippen LogP contribution in [0.1, 0.15) is 19.3 Å². The molecule has 23 heavy (non-hydrogen) atoms. The summed E-state index contributed by atoms with van der Waals surface area (Å²) in [5.41, 5.74) is 0.394. The van der Waals surface area contributed by atoms with Gasteiger partial charge in [-0.1, -0.05) is 12.5 Å². The highest BCUT2D eigenvalue weighted by molar-refractivity contribution is 7.92. The fourth-order valence-corrected chi connectivity index (χ4v) is 3.23. The minimum Gasteiger partial charge on any atom is -0.327 e. The molecule has 1 aromatic carbocycles. The number of hydrogen-bond acceptors (Lipinski definition) is 4. The van der Waals surface area contributed by atoms with Crippen molar-refractivity contribution >= 4 is 33.8 Å². The molecule has 1 saturated carbocycles. The highest BCUT2D eigenvalue weighted by Crippen LogP contribution is 2.31. The van der Waals surface area contributed by atoms with Gasteiger partial charge in [-0.15, -0.1) is 12.4 Å². The Balaban J connectivity index is 0.00000264. The number of halogens is 4. The number of carbonyl (C=O) groups is 1. The van der Waals surface area contributed by atoms with Gasteiger partial charge in [0.15, 0.2) is 0 Å². The summed E-state index contributed by atoms with van der Waals surface area (Å²) in [6.45, 7) is 0. The molecular formula is C13H16ClF3N2O3S. The third-order valence-corrected chi connectivity index (χ3v) is 5.11. The van der Waals surface area contributed by atoms with E-state index in [2.05, 4.69) is 5.32 Å². The number of alkyl halides is 3. The molecule has 2 atom stereocenters. The van der Waals surface area contributed by atoms with Crippen molar-refractivity contribution in [2.75, 3.05) is 5.32 Å². The molecule has 1 fully saturated rings. The first-order valence-corrected chi connectivity index (χ1v) is 8.09. The summed E-state index contributed by atoms with van der Waals surface area (Å²) in [6.07, 6.45) is 2.12. The molecule has 10 heteroatoms. The predicted molar refractivity (Wildman–Crippen MR) is 80.9 cm³/mol. The quantitative estimate of drug-likeness (QED) is 0.853. The lowest BCUT2D eigenvalue weighted by molar-refractivity contribution is -0.120. The first-order chi connectivity index (χ1) is 10.1. The van der Waals surface area contributed by atoms with Crippen molar-refractivity contribution in [3.05, 3.63) is 24.3 Å². The number of nitrogens with one attached hydrogen (secondary N) is 1. The molecule has 0 saturated heterocycles. The molecule has 1 aromatic rings. The normalized spacial score (nSPS) is 21.6. The third-order valence-electron chi connectivity index (χ3n) is 3.62. The lowest BCUT2D eigenvalue weighted by Crippen LogP contribution is -2.34. The van der Waals surface area contributed by atoms with Gasteiger partial charge in [0.05, 0.1) is 10.8 Å². The number of benzene rings is 1. The number of hydrogen-bond donors (Lipinski definition) is 2. The second kappa shape index (κ2) is 7.06. The van der Waals surface area contributed by atoms with Crippen molar-refractivity contribution in [3.63, 3.8) is 0 Å². The Morgan fingerprint density at radius 1 is 1.26 bits per heavy atom. The number of nitrogens with two attached hydrogens (primary N) is 1. The number of rotatable bonds is 3. The minimum atomic E-state index is -5.44. The molecule has 0 heterocycles. The van der Waals surface area contributed by atoms with Crippen LogP contribution in [-0.4, -0.2) is 25.9 Å². The van der Waals surface area contributed by atoms with E-state index in [0.717, 1.165) is 24.6 Å². The van der Waals surface area contributed by atoms with Crippen molar-refractivity contribution in [1.82, 2.24) is 0 Å². The van der Waals surface area contributed by atoms with Gasteiger partial charge in [0, 0.05) is 11.7 Å². The van der Waals surface area contributed by atoms with Crippen molar-refractivity contribution in [1.29, 1.82) is 0 Å². The number of amides is 1. The van der Waals surface area contributed by atoms with Gasteiger partial charge in [0.25, 0.3) is 9.84 Å². The first-order valence-electron chi connectivity index (χ1n) is 6.61. The van der Waals surface area contributed by atoms with E-state index in [1.807, 2.05) is 0 Å². The van der Waals surface area contributed by atoms with E-state index < -0.39 is 32.1 Å². The SMILES string of the molecule is Cl.N[C@@H]1CCC[C@@H]1C(=O)Nc1cccc(S(=O)(=O)C(F)(F)F)c1. The zero-order valence-corrected chi connectivity index (χ0v) is 13.5. The van der Waals surface area contributed by atoms with Crippen LogP contribution in [0.5, 0.6) is 0 Å². The Hall–Kier alpha value is -1.32. The predicted octanol–water partition coefficient (Wildman–Crippen LogP) is 2.47. The monoisotopic (exact) mass is 372 g/mol. The molecule has 0 aliphatic heterocycles. The highest BCUT2D eigenvalue weighted by Gasteiger charge is 2.46. The second-order valence-corrected chi connectivity index (χ2v) is 7.11. The van der Waals surface area contributed by atoms with Crippen LogP contribution in [-0.2, 0) is 14.6 Å². The molecule has 0 aromatic heterocycles. The van der Waals surface area contributed by atoms with E-state index >= 15 is 0 Å². The Morgan fingerprint density at radius 3 is 2.43 bits per heavy atom. The minimum absolute atomic E-state index is 0. The molecule has 0 unspecified atom stereocenters. The summed E-state index contributed by atoms with van der Waals surface area (Å²) >= 11 is 0. The van der Waals surface area contributed by atoms with E-state index in [9.17, 15) is 26.4 Å². The zero-order valence-electron chi connectivity index (χ0n) is 11.8. The fourth-order valence-electron chi connectivity index (χ4n) is 2.42. The molecule has 0 spiro atoms. The molecule has 1 amide bonds. The summed E-state index contributed by atoms with van der Waals surface area (Å²) in [5.74, 6) is -0.825.